The molecule has 1 spiro atoms. The van der Waals surface area contributed by atoms with E-state index in [1.165, 1.54) is 6.07 Å². The smallest absolute Gasteiger partial charge is 0.306 e. The molecule has 0 atom stereocenters. The zero-order valence-corrected chi connectivity index (χ0v) is 20.7. The van der Waals surface area contributed by atoms with E-state index in [0.717, 1.165) is 46.5 Å². The number of nitrogens with zero attached hydrogens (tertiary/aromatic N) is 1. The first kappa shape index (κ1) is 22.5. The molecule has 1 heterocycles. The van der Waals surface area contributed by atoms with Crippen molar-refractivity contribution in [3.8, 4) is 0 Å². The van der Waals surface area contributed by atoms with E-state index < -0.39 is 5.97 Å². The van der Waals surface area contributed by atoms with Crippen LogP contribution in [0.3, 0.4) is 0 Å². The molecule has 0 unspecified atom stereocenters. The van der Waals surface area contributed by atoms with E-state index in [4.69, 9.17) is 5.11 Å². The topological polar surface area (TPSA) is 59.3 Å². The van der Waals surface area contributed by atoms with Gasteiger partial charge in [-0.2, -0.15) is 0 Å². The molecule has 3 aromatic carbocycles. The number of benzene rings is 3. The predicted octanol–water partition coefficient (Wildman–Crippen LogP) is 7.21. The number of Topliss-reactive ketones (excluding diaryl/α,β-unsaturated/α-hetero) is 1. The summed E-state index contributed by atoms with van der Waals surface area (Å²) in [5.41, 5.74) is 2.42. The molecule has 0 aliphatic heterocycles. The van der Waals surface area contributed by atoms with Crippen molar-refractivity contribution in [2.24, 2.45) is 17.3 Å². The molecule has 4 aromatic rings. The van der Waals surface area contributed by atoms with Gasteiger partial charge in [0.1, 0.15) is 5.82 Å². The van der Waals surface area contributed by atoms with Crippen LogP contribution in [-0.2, 0) is 11.3 Å². The molecule has 2 fully saturated rings. The Kier molecular flexibility index (Phi) is 5.33. The lowest BCUT2D eigenvalue weighted by atomic mass is 9.47. The number of carboxylic acid groups (broad SMARTS) is 1. The molecule has 178 valence electrons. The molecule has 0 radical (unpaired) electrons. The van der Waals surface area contributed by atoms with Gasteiger partial charge in [0, 0.05) is 34.6 Å². The second-order valence-electron chi connectivity index (χ2n) is 10.4. The summed E-state index contributed by atoms with van der Waals surface area (Å²) in [5, 5.41) is 11.9. The normalized spacial score (nSPS) is 23.4. The maximum Gasteiger partial charge on any atom is 0.306 e. The number of carbonyl (C=O) groups excluding carboxylic acids is 1. The standard InChI is InChI=1S/C29H25BrFNO3/c30-24-3-1-2-19-10-17(4-5-21(19)24)16-32-9-8-22-25(31)7-6-23(27(22)32)26(33)11-18-12-29(13-18)14-20(15-29)28(34)35/h1-10,18,20H,11-16H2,(H,34,35). The van der Waals surface area contributed by atoms with Crippen molar-refractivity contribution in [1.82, 2.24) is 4.57 Å². The van der Waals surface area contributed by atoms with E-state index in [0.29, 0.717) is 29.4 Å². The third-order valence-electron chi connectivity index (χ3n) is 8.04. The molecule has 2 aliphatic carbocycles. The van der Waals surface area contributed by atoms with Gasteiger partial charge in [-0.1, -0.05) is 40.2 Å². The molecule has 1 N–H and O–H groups in total. The van der Waals surface area contributed by atoms with Crippen LogP contribution in [0, 0.1) is 23.1 Å². The van der Waals surface area contributed by atoms with Gasteiger partial charge < -0.3 is 9.67 Å². The van der Waals surface area contributed by atoms with Gasteiger partial charge in [-0.3, -0.25) is 9.59 Å². The number of halogens is 2. The average molecular weight is 534 g/mol. The summed E-state index contributed by atoms with van der Waals surface area (Å²) >= 11 is 3.59. The maximum atomic E-state index is 14.7. The predicted molar refractivity (Wildman–Crippen MR) is 137 cm³/mol. The van der Waals surface area contributed by atoms with Gasteiger partial charge in [0.15, 0.2) is 5.78 Å². The number of carboxylic acids is 1. The monoisotopic (exact) mass is 533 g/mol. The maximum absolute atomic E-state index is 14.7. The molecule has 4 nitrogen and oxygen atoms in total. The SMILES string of the molecule is O=C(CC1CC2(C1)CC(C(=O)O)C2)c1ccc(F)c2ccn(Cc3ccc4c(Br)cccc4c3)c12. The molecule has 6 heteroatoms. The zero-order chi connectivity index (χ0) is 24.3. The van der Waals surface area contributed by atoms with Gasteiger partial charge >= 0.3 is 5.97 Å². The molecule has 0 bridgehead atoms. The van der Waals surface area contributed by atoms with Crippen LogP contribution < -0.4 is 0 Å². The Morgan fingerprint density at radius 2 is 1.83 bits per heavy atom. The summed E-state index contributed by atoms with van der Waals surface area (Å²) in [7, 11) is 0. The number of hydrogen-bond donors (Lipinski definition) is 1. The third kappa shape index (κ3) is 3.88. The molecular weight excluding hydrogens is 509 g/mol. The molecular formula is C29H25BrFNO3. The first-order chi connectivity index (χ1) is 16.8. The highest BCUT2D eigenvalue weighted by atomic mass is 79.9. The van der Waals surface area contributed by atoms with Crippen LogP contribution in [0.1, 0.15) is 48.0 Å². The van der Waals surface area contributed by atoms with Crippen molar-refractivity contribution in [1.29, 1.82) is 0 Å². The Balaban J connectivity index is 1.24. The van der Waals surface area contributed by atoms with Gasteiger partial charge in [-0.05, 0) is 83.7 Å². The number of ketones is 1. The van der Waals surface area contributed by atoms with Gasteiger partial charge in [0.2, 0.25) is 0 Å². The summed E-state index contributed by atoms with van der Waals surface area (Å²) in [6.45, 7) is 0.540. The Labute approximate surface area is 210 Å². The largest absolute Gasteiger partial charge is 0.481 e. The summed E-state index contributed by atoms with van der Waals surface area (Å²) in [4.78, 5) is 24.5. The second-order valence-corrected chi connectivity index (χ2v) is 11.3. The number of hydrogen-bond acceptors (Lipinski definition) is 2. The minimum Gasteiger partial charge on any atom is -0.481 e. The third-order valence-corrected chi connectivity index (χ3v) is 8.73. The van der Waals surface area contributed by atoms with Crippen molar-refractivity contribution in [3.63, 3.8) is 0 Å². The van der Waals surface area contributed by atoms with Gasteiger partial charge in [-0.25, -0.2) is 4.39 Å². The van der Waals surface area contributed by atoms with E-state index in [-0.39, 0.29) is 28.9 Å². The summed E-state index contributed by atoms with van der Waals surface area (Å²) in [5.74, 6) is -0.938. The van der Waals surface area contributed by atoms with Crippen molar-refractivity contribution in [2.75, 3.05) is 0 Å². The molecule has 35 heavy (non-hydrogen) atoms. The van der Waals surface area contributed by atoms with Gasteiger partial charge in [-0.15, -0.1) is 0 Å². The summed E-state index contributed by atoms with van der Waals surface area (Å²) in [6, 6.07) is 17.1. The highest BCUT2D eigenvalue weighted by molar-refractivity contribution is 9.10. The number of rotatable bonds is 6. The van der Waals surface area contributed by atoms with E-state index in [9.17, 15) is 14.0 Å². The molecule has 0 saturated heterocycles. The molecule has 2 aliphatic rings. The zero-order valence-electron chi connectivity index (χ0n) is 19.1. The number of carbonyl (C=O) groups is 2. The quantitative estimate of drug-likeness (QED) is 0.266. The Bertz CT molecular complexity index is 1490. The van der Waals surface area contributed by atoms with E-state index in [1.54, 1.807) is 12.1 Å². The lowest BCUT2D eigenvalue weighted by Gasteiger charge is -2.56. The fourth-order valence-corrected chi connectivity index (χ4v) is 6.92. The Hall–Kier alpha value is -2.99. The van der Waals surface area contributed by atoms with Gasteiger partial charge in [0.05, 0.1) is 11.4 Å². The summed E-state index contributed by atoms with van der Waals surface area (Å²) in [6.07, 6.45) is 5.59. The highest BCUT2D eigenvalue weighted by Crippen LogP contribution is 2.62. The highest BCUT2D eigenvalue weighted by Gasteiger charge is 2.54. The molecule has 1 aromatic heterocycles. The van der Waals surface area contributed by atoms with E-state index in [2.05, 4.69) is 40.2 Å². The van der Waals surface area contributed by atoms with Crippen LogP contribution in [0.2, 0.25) is 0 Å². The first-order valence-corrected chi connectivity index (χ1v) is 12.8. The molecule has 2 saturated carbocycles. The van der Waals surface area contributed by atoms with Crippen molar-refractivity contribution < 1.29 is 19.1 Å². The minimum absolute atomic E-state index is 0.0337. The minimum atomic E-state index is -0.705. The summed E-state index contributed by atoms with van der Waals surface area (Å²) < 4.78 is 17.7. The number of fused-ring (bicyclic) bond motifs is 2. The Morgan fingerprint density at radius 3 is 2.60 bits per heavy atom. The van der Waals surface area contributed by atoms with Crippen LogP contribution in [0.15, 0.2) is 65.3 Å². The number of aliphatic carboxylic acids is 1. The Morgan fingerprint density at radius 1 is 1.03 bits per heavy atom. The van der Waals surface area contributed by atoms with Crippen LogP contribution in [0.4, 0.5) is 4.39 Å². The molecule has 6 rings (SSSR count). The fraction of sp³-hybridized carbons (Fsp3) is 0.310. The van der Waals surface area contributed by atoms with E-state index >= 15 is 0 Å². The van der Waals surface area contributed by atoms with Crippen molar-refractivity contribution in [3.05, 3.63) is 82.2 Å². The van der Waals surface area contributed by atoms with Crippen LogP contribution in [0.5, 0.6) is 0 Å². The first-order valence-electron chi connectivity index (χ1n) is 12.0. The fourth-order valence-electron chi connectivity index (χ4n) is 6.41. The van der Waals surface area contributed by atoms with Crippen LogP contribution in [0.25, 0.3) is 21.7 Å². The number of aromatic nitrogens is 1. The van der Waals surface area contributed by atoms with Crippen molar-refractivity contribution >= 4 is 49.4 Å². The van der Waals surface area contributed by atoms with Gasteiger partial charge in [0.25, 0.3) is 0 Å². The second kappa shape index (κ2) is 8.30. The lowest BCUT2D eigenvalue weighted by Crippen LogP contribution is -2.50. The van der Waals surface area contributed by atoms with Crippen LogP contribution >= 0.6 is 15.9 Å². The molecule has 0 amide bonds. The van der Waals surface area contributed by atoms with Crippen molar-refractivity contribution in [2.45, 2.75) is 38.6 Å². The lowest BCUT2D eigenvalue weighted by molar-refractivity contribution is -0.157. The van der Waals surface area contributed by atoms with E-state index in [1.807, 2.05) is 22.9 Å². The average Bonchev–Trinajstić information content (AvgIpc) is 3.19. The van der Waals surface area contributed by atoms with Crippen LogP contribution in [-0.4, -0.2) is 21.4 Å².